The van der Waals surface area contributed by atoms with Crippen LogP contribution in [0.3, 0.4) is 0 Å². The van der Waals surface area contributed by atoms with Gasteiger partial charge in [0.2, 0.25) is 0 Å². The lowest BCUT2D eigenvalue weighted by molar-refractivity contribution is -0.898. The molecule has 1 aromatic heterocycles. The monoisotopic (exact) mass is 369 g/mol. The van der Waals surface area contributed by atoms with Gasteiger partial charge in [-0.25, -0.2) is 4.98 Å². The summed E-state index contributed by atoms with van der Waals surface area (Å²) >= 11 is 0. The number of hydrogen-bond acceptors (Lipinski definition) is 2. The number of carbonyl (C=O) groups excluding carboxylic acids is 1. The van der Waals surface area contributed by atoms with Crippen molar-refractivity contribution in [3.63, 3.8) is 0 Å². The minimum absolute atomic E-state index is 0.0262. The largest absolute Gasteiger partial charge is 0.346 e. The smallest absolute Gasteiger partial charge is 0.251 e. The summed E-state index contributed by atoms with van der Waals surface area (Å²) < 4.78 is 2.32. The van der Waals surface area contributed by atoms with Crippen LogP contribution in [0.25, 0.3) is 11.0 Å². The Morgan fingerprint density at radius 3 is 2.59 bits per heavy atom. The van der Waals surface area contributed by atoms with Crippen molar-refractivity contribution in [1.29, 1.82) is 0 Å². The fourth-order valence-corrected chi connectivity index (χ4v) is 4.76. The van der Waals surface area contributed by atoms with E-state index in [0.717, 1.165) is 29.7 Å². The zero-order valence-corrected chi connectivity index (χ0v) is 16.4. The topological polar surface area (TPSA) is 51.4 Å². The van der Waals surface area contributed by atoms with E-state index in [1.807, 2.05) is 18.5 Å². The molecule has 2 aliphatic rings. The van der Waals surface area contributed by atoms with Gasteiger partial charge >= 0.3 is 0 Å². The quantitative estimate of drug-likeness (QED) is 0.851. The van der Waals surface area contributed by atoms with Gasteiger partial charge in [-0.3, -0.25) is 4.79 Å². The molecular weight excluding hydrogens is 336 g/mol. The van der Waals surface area contributed by atoms with Gasteiger partial charge in [-0.05, 0) is 56.7 Å². The molecule has 1 aromatic carbocycles. The normalized spacial score (nSPS) is 19.9. The maximum Gasteiger partial charge on any atom is 0.251 e. The van der Waals surface area contributed by atoms with Crippen molar-refractivity contribution in [3.8, 4) is 0 Å². The van der Waals surface area contributed by atoms with Crippen LogP contribution in [0.1, 0.15) is 74.2 Å². The van der Waals surface area contributed by atoms with Crippen LogP contribution in [-0.4, -0.2) is 41.6 Å². The van der Waals surface area contributed by atoms with E-state index in [1.54, 1.807) is 4.90 Å². The molecule has 2 N–H and O–H groups in total. The van der Waals surface area contributed by atoms with Crippen LogP contribution in [-0.2, 0) is 0 Å². The van der Waals surface area contributed by atoms with Crippen molar-refractivity contribution in [3.05, 3.63) is 30.1 Å². The molecule has 0 spiro atoms. The van der Waals surface area contributed by atoms with Crippen LogP contribution in [0, 0.1) is 0 Å². The first kappa shape index (κ1) is 18.5. The molecule has 1 aliphatic heterocycles. The fourth-order valence-electron chi connectivity index (χ4n) is 4.76. The lowest BCUT2D eigenvalue weighted by Gasteiger charge is -2.23. The van der Waals surface area contributed by atoms with Crippen molar-refractivity contribution in [2.45, 2.75) is 63.8 Å². The first-order valence-corrected chi connectivity index (χ1v) is 10.9. The first-order chi connectivity index (χ1) is 13.3. The van der Waals surface area contributed by atoms with E-state index >= 15 is 0 Å². The molecule has 1 saturated heterocycles. The number of likely N-dealkylation sites (tertiary alicyclic amines) is 1. The Kier molecular flexibility index (Phi) is 6.07. The van der Waals surface area contributed by atoms with Gasteiger partial charge in [-0.15, -0.1) is 0 Å². The number of fused-ring (bicyclic) bond motifs is 1. The fraction of sp³-hybridized carbons (Fsp3) is 0.636. The predicted molar refractivity (Wildman–Crippen MR) is 108 cm³/mol. The van der Waals surface area contributed by atoms with Crippen molar-refractivity contribution in [1.82, 2.24) is 14.9 Å². The molecule has 1 saturated carbocycles. The molecule has 4 rings (SSSR count). The number of benzene rings is 1. The summed E-state index contributed by atoms with van der Waals surface area (Å²) in [6.45, 7) is 4.29. The van der Waals surface area contributed by atoms with Crippen molar-refractivity contribution >= 4 is 16.9 Å². The third-order valence-corrected chi connectivity index (χ3v) is 6.38. The number of aromatic nitrogens is 2. The first-order valence-electron chi connectivity index (χ1n) is 10.9. The number of nitrogens with zero attached hydrogens (tertiary/aromatic N) is 2. The Hall–Kier alpha value is -1.88. The maximum atomic E-state index is 12.6. The van der Waals surface area contributed by atoms with Gasteiger partial charge in [0.05, 0.1) is 43.5 Å². The summed E-state index contributed by atoms with van der Waals surface area (Å²) in [6, 6.07) is 6.55. The summed E-state index contributed by atoms with van der Waals surface area (Å²) in [5, 5.41) is 3.11. The second kappa shape index (κ2) is 8.87. The molecule has 5 heteroatoms. The van der Waals surface area contributed by atoms with Crippen molar-refractivity contribution < 1.29 is 9.69 Å². The summed E-state index contributed by atoms with van der Waals surface area (Å²) in [7, 11) is 0. The number of quaternary nitrogens is 1. The van der Waals surface area contributed by atoms with Gasteiger partial charge < -0.3 is 14.8 Å². The van der Waals surface area contributed by atoms with E-state index < -0.39 is 0 Å². The zero-order valence-electron chi connectivity index (χ0n) is 16.4. The summed E-state index contributed by atoms with van der Waals surface area (Å²) in [6.07, 6.45) is 13.8. The lowest BCUT2D eigenvalue weighted by atomic mass is 9.95. The Morgan fingerprint density at radius 1 is 1.07 bits per heavy atom. The van der Waals surface area contributed by atoms with E-state index in [4.69, 9.17) is 0 Å². The Labute approximate surface area is 162 Å². The predicted octanol–water partition coefficient (Wildman–Crippen LogP) is 2.73. The minimum atomic E-state index is 0.0262. The van der Waals surface area contributed by atoms with Crippen LogP contribution in [0.2, 0.25) is 0 Å². The second-order valence-electron chi connectivity index (χ2n) is 8.32. The summed E-state index contributed by atoms with van der Waals surface area (Å²) in [5.41, 5.74) is 2.82. The van der Waals surface area contributed by atoms with Crippen molar-refractivity contribution in [2.75, 3.05) is 26.2 Å². The van der Waals surface area contributed by atoms with Gasteiger partial charge in [-0.2, -0.15) is 0 Å². The van der Waals surface area contributed by atoms with Gasteiger partial charge in [0.15, 0.2) is 0 Å². The molecule has 27 heavy (non-hydrogen) atoms. The molecule has 0 bridgehead atoms. The zero-order chi connectivity index (χ0) is 18.5. The third-order valence-electron chi connectivity index (χ3n) is 6.38. The highest BCUT2D eigenvalue weighted by Crippen LogP contribution is 2.30. The highest BCUT2D eigenvalue weighted by atomic mass is 16.1. The maximum absolute atomic E-state index is 12.6. The van der Waals surface area contributed by atoms with E-state index in [0.29, 0.717) is 6.04 Å². The molecule has 146 valence electrons. The average molecular weight is 370 g/mol. The lowest BCUT2D eigenvalue weighted by Crippen LogP contribution is -3.12. The molecule has 0 radical (unpaired) electrons. The molecule has 2 fully saturated rings. The molecule has 1 aliphatic carbocycles. The number of hydrogen-bond donors (Lipinski definition) is 2. The second-order valence-corrected chi connectivity index (χ2v) is 8.32. The van der Waals surface area contributed by atoms with Gasteiger partial charge in [0, 0.05) is 11.6 Å². The third kappa shape index (κ3) is 4.52. The Morgan fingerprint density at radius 2 is 1.81 bits per heavy atom. The number of rotatable bonds is 5. The summed E-state index contributed by atoms with van der Waals surface area (Å²) in [4.78, 5) is 18.8. The van der Waals surface area contributed by atoms with Gasteiger partial charge in [-0.1, -0.05) is 19.3 Å². The van der Waals surface area contributed by atoms with Crippen LogP contribution in [0.4, 0.5) is 0 Å². The number of amides is 1. The number of carbonyl (C=O) groups is 1. The van der Waals surface area contributed by atoms with Crippen LogP contribution < -0.4 is 10.2 Å². The molecule has 0 unspecified atom stereocenters. The van der Waals surface area contributed by atoms with E-state index in [2.05, 4.69) is 20.9 Å². The Balaban J connectivity index is 1.36. The standard InChI is InChI=1S/C22H32N4O/c27-22(23-12-15-25-13-6-1-2-7-14-25)18-10-11-21-20(16-18)24-17-26(21)19-8-4-3-5-9-19/h10-11,16-17,19H,1-9,12-15H2,(H,23,27)/p+1. The van der Waals surface area contributed by atoms with Crippen LogP contribution in [0.15, 0.2) is 24.5 Å². The molecule has 5 nitrogen and oxygen atoms in total. The highest BCUT2D eigenvalue weighted by molar-refractivity contribution is 5.97. The van der Waals surface area contributed by atoms with Crippen LogP contribution in [0.5, 0.6) is 0 Å². The van der Waals surface area contributed by atoms with Gasteiger partial charge in [0.25, 0.3) is 5.91 Å². The molecular formula is C22H33N4O+. The molecule has 2 aromatic rings. The SMILES string of the molecule is O=C(NCC[NH+]1CCCCCC1)c1ccc2c(c1)ncn2C1CCCCC1. The van der Waals surface area contributed by atoms with E-state index in [9.17, 15) is 4.79 Å². The number of imidazole rings is 1. The van der Waals surface area contributed by atoms with Gasteiger partial charge in [0.1, 0.15) is 0 Å². The molecule has 1 amide bonds. The Bertz CT molecular complexity index is 755. The van der Waals surface area contributed by atoms with E-state index in [-0.39, 0.29) is 5.91 Å². The molecule has 0 atom stereocenters. The van der Waals surface area contributed by atoms with Crippen molar-refractivity contribution in [2.24, 2.45) is 0 Å². The highest BCUT2D eigenvalue weighted by Gasteiger charge is 2.18. The average Bonchev–Trinajstić information content (AvgIpc) is 2.96. The van der Waals surface area contributed by atoms with Crippen LogP contribution >= 0.6 is 0 Å². The van der Waals surface area contributed by atoms with E-state index in [1.165, 1.54) is 70.9 Å². The summed E-state index contributed by atoms with van der Waals surface area (Å²) in [5.74, 6) is 0.0262. The number of nitrogens with one attached hydrogen (secondary N) is 2. The minimum Gasteiger partial charge on any atom is -0.346 e. The molecule has 2 heterocycles.